The second-order valence-electron chi connectivity index (χ2n) is 5.52. The van der Waals surface area contributed by atoms with Gasteiger partial charge in [0.1, 0.15) is 11.3 Å². The van der Waals surface area contributed by atoms with Crippen molar-refractivity contribution in [2.45, 2.75) is 18.6 Å². The number of hydrogen-bond acceptors (Lipinski definition) is 7. The topological polar surface area (TPSA) is 126 Å². The standard InChI is InChI=1S/C12H17FN6O3S/c1-23(21,22)18-3-2-8(10(20)6-18)16-12-15-5-9-7(13)4-11(14)19(9)17-12/h4-5,8,10,20H,2-3,6,14H2,1H3,(H,16,17)/t8-,10-/m1/s1. The van der Waals surface area contributed by atoms with Crippen LogP contribution in [0.5, 0.6) is 0 Å². The average molecular weight is 344 g/mol. The lowest BCUT2D eigenvalue weighted by Gasteiger charge is -2.34. The predicted octanol–water partition coefficient (Wildman–Crippen LogP) is -0.743. The molecule has 11 heteroatoms. The first-order chi connectivity index (χ1) is 10.8. The van der Waals surface area contributed by atoms with Gasteiger partial charge in [0, 0.05) is 19.2 Å². The van der Waals surface area contributed by atoms with Gasteiger partial charge in [0.05, 0.1) is 24.6 Å². The van der Waals surface area contributed by atoms with E-state index >= 15 is 0 Å². The van der Waals surface area contributed by atoms with Crippen LogP contribution < -0.4 is 11.1 Å². The quantitative estimate of drug-likeness (QED) is 0.669. The van der Waals surface area contributed by atoms with Crippen LogP contribution in [0.25, 0.3) is 5.52 Å². The van der Waals surface area contributed by atoms with Gasteiger partial charge in [-0.3, -0.25) is 0 Å². The number of fused-ring (bicyclic) bond motifs is 1. The van der Waals surface area contributed by atoms with Gasteiger partial charge in [-0.2, -0.15) is 4.31 Å². The molecule has 0 aromatic carbocycles. The van der Waals surface area contributed by atoms with Crippen molar-refractivity contribution in [2.75, 3.05) is 30.4 Å². The number of aliphatic hydroxyl groups is 1. The lowest BCUT2D eigenvalue weighted by Crippen LogP contribution is -2.51. The molecule has 0 radical (unpaired) electrons. The molecule has 0 aliphatic carbocycles. The number of nitrogen functional groups attached to an aromatic ring is 1. The van der Waals surface area contributed by atoms with Crippen molar-refractivity contribution in [3.05, 3.63) is 18.1 Å². The molecule has 0 saturated carbocycles. The number of β-amino-alcohol motifs (C(OH)–C–C–N with tert-alkyl or cyclic N) is 1. The Morgan fingerprint density at radius 3 is 2.91 bits per heavy atom. The summed E-state index contributed by atoms with van der Waals surface area (Å²) in [5.74, 6) is -0.206. The van der Waals surface area contributed by atoms with Crippen molar-refractivity contribution < 1.29 is 17.9 Å². The van der Waals surface area contributed by atoms with E-state index in [2.05, 4.69) is 15.4 Å². The third kappa shape index (κ3) is 3.07. The van der Waals surface area contributed by atoms with Crippen LogP contribution in [0.1, 0.15) is 6.42 Å². The van der Waals surface area contributed by atoms with Crippen LogP contribution in [0.15, 0.2) is 12.3 Å². The van der Waals surface area contributed by atoms with E-state index in [0.717, 1.165) is 12.3 Å². The van der Waals surface area contributed by atoms with Crippen molar-refractivity contribution in [1.82, 2.24) is 18.9 Å². The van der Waals surface area contributed by atoms with Gasteiger partial charge in [0.15, 0.2) is 5.82 Å². The predicted molar refractivity (Wildman–Crippen MR) is 81.8 cm³/mol. The Bertz CT molecular complexity index is 839. The highest BCUT2D eigenvalue weighted by molar-refractivity contribution is 7.88. The van der Waals surface area contributed by atoms with Crippen molar-refractivity contribution in [3.63, 3.8) is 0 Å². The number of sulfonamides is 1. The number of nitrogens with two attached hydrogens (primary N) is 1. The van der Waals surface area contributed by atoms with Crippen LogP contribution in [0, 0.1) is 5.82 Å². The molecular formula is C12H17FN6O3S. The zero-order valence-corrected chi connectivity index (χ0v) is 13.2. The second-order valence-corrected chi connectivity index (χ2v) is 7.51. The van der Waals surface area contributed by atoms with E-state index in [9.17, 15) is 17.9 Å². The second kappa shape index (κ2) is 5.58. The summed E-state index contributed by atoms with van der Waals surface area (Å²) in [5, 5.41) is 17.1. The number of rotatable bonds is 3. The van der Waals surface area contributed by atoms with Crippen LogP contribution in [-0.2, 0) is 10.0 Å². The maximum Gasteiger partial charge on any atom is 0.241 e. The highest BCUT2D eigenvalue weighted by atomic mass is 32.2. The van der Waals surface area contributed by atoms with Crippen LogP contribution >= 0.6 is 0 Å². The molecule has 1 aliphatic rings. The van der Waals surface area contributed by atoms with Gasteiger partial charge in [-0.1, -0.05) is 0 Å². The van der Waals surface area contributed by atoms with Crippen LogP contribution in [0.3, 0.4) is 0 Å². The first kappa shape index (κ1) is 15.9. The van der Waals surface area contributed by atoms with E-state index in [1.165, 1.54) is 15.0 Å². The lowest BCUT2D eigenvalue weighted by atomic mass is 10.0. The molecule has 4 N–H and O–H groups in total. The molecule has 23 heavy (non-hydrogen) atoms. The molecule has 1 saturated heterocycles. The summed E-state index contributed by atoms with van der Waals surface area (Å²) in [6, 6.07) is 0.736. The Kier molecular flexibility index (Phi) is 3.86. The van der Waals surface area contributed by atoms with Crippen LogP contribution in [-0.4, -0.2) is 63.9 Å². The van der Waals surface area contributed by atoms with E-state index in [0.29, 0.717) is 6.42 Å². The molecular weight excluding hydrogens is 327 g/mol. The van der Waals surface area contributed by atoms with Gasteiger partial charge in [0.25, 0.3) is 0 Å². The van der Waals surface area contributed by atoms with Gasteiger partial charge in [-0.15, -0.1) is 5.10 Å². The summed E-state index contributed by atoms with van der Waals surface area (Å²) >= 11 is 0. The van der Waals surface area contributed by atoms with Gasteiger partial charge in [0.2, 0.25) is 16.0 Å². The highest BCUT2D eigenvalue weighted by Gasteiger charge is 2.32. The summed E-state index contributed by atoms with van der Waals surface area (Å²) in [4.78, 5) is 4.00. The van der Waals surface area contributed by atoms with E-state index < -0.39 is 28.0 Å². The number of hydrogen-bond donors (Lipinski definition) is 3. The summed E-state index contributed by atoms with van der Waals surface area (Å²) in [7, 11) is -3.33. The molecule has 3 heterocycles. The number of halogens is 1. The fraction of sp³-hybridized carbons (Fsp3) is 0.500. The molecule has 1 fully saturated rings. The van der Waals surface area contributed by atoms with E-state index in [1.807, 2.05) is 0 Å². The Labute approximate surface area is 132 Å². The third-order valence-electron chi connectivity index (χ3n) is 3.82. The number of piperidine rings is 1. The van der Waals surface area contributed by atoms with Crippen molar-refractivity contribution in [1.29, 1.82) is 0 Å². The van der Waals surface area contributed by atoms with Gasteiger partial charge in [-0.25, -0.2) is 22.3 Å². The summed E-state index contributed by atoms with van der Waals surface area (Å²) < 4.78 is 38.9. The minimum atomic E-state index is -3.33. The molecule has 3 rings (SSSR count). The van der Waals surface area contributed by atoms with Gasteiger partial charge in [-0.05, 0) is 6.42 Å². The lowest BCUT2D eigenvalue weighted by molar-refractivity contribution is 0.0950. The molecule has 0 spiro atoms. The zero-order valence-electron chi connectivity index (χ0n) is 12.3. The number of aliphatic hydroxyl groups excluding tert-OH is 1. The first-order valence-corrected chi connectivity index (χ1v) is 8.80. The monoisotopic (exact) mass is 344 g/mol. The van der Waals surface area contributed by atoms with E-state index in [1.54, 1.807) is 0 Å². The van der Waals surface area contributed by atoms with Gasteiger partial charge < -0.3 is 16.2 Å². The number of anilines is 2. The van der Waals surface area contributed by atoms with Gasteiger partial charge >= 0.3 is 0 Å². The molecule has 0 bridgehead atoms. The summed E-state index contributed by atoms with van der Waals surface area (Å²) in [5.41, 5.74) is 5.81. The average Bonchev–Trinajstić information content (AvgIpc) is 2.75. The first-order valence-electron chi connectivity index (χ1n) is 6.95. The maximum absolute atomic E-state index is 13.5. The fourth-order valence-electron chi connectivity index (χ4n) is 2.58. The molecule has 2 atom stereocenters. The molecule has 1 aliphatic heterocycles. The number of nitrogens with one attached hydrogen (secondary N) is 1. The zero-order chi connectivity index (χ0) is 16.8. The molecule has 126 valence electrons. The van der Waals surface area contributed by atoms with Crippen LogP contribution in [0.2, 0.25) is 0 Å². The molecule has 0 unspecified atom stereocenters. The minimum Gasteiger partial charge on any atom is -0.390 e. The molecule has 0 amide bonds. The number of aromatic nitrogens is 3. The summed E-state index contributed by atoms with van der Waals surface area (Å²) in [6.07, 6.45) is 1.88. The van der Waals surface area contributed by atoms with Crippen molar-refractivity contribution in [3.8, 4) is 0 Å². The van der Waals surface area contributed by atoms with Crippen LogP contribution in [0.4, 0.5) is 16.2 Å². The Morgan fingerprint density at radius 1 is 1.52 bits per heavy atom. The third-order valence-corrected chi connectivity index (χ3v) is 5.09. The molecule has 9 nitrogen and oxygen atoms in total. The summed E-state index contributed by atoms with van der Waals surface area (Å²) in [6.45, 7) is 0.287. The Balaban J connectivity index is 1.76. The molecule has 2 aromatic rings. The SMILES string of the molecule is CS(=O)(=O)N1CC[C@@H](Nc2ncc3c(F)cc(N)n3n2)[C@H](O)C1. The van der Waals surface area contributed by atoms with Crippen molar-refractivity contribution in [2.24, 2.45) is 0 Å². The Hall–Kier alpha value is -1.98. The normalized spacial score (nSPS) is 23.3. The maximum atomic E-state index is 13.5. The fourth-order valence-corrected chi connectivity index (χ4v) is 3.44. The van der Waals surface area contributed by atoms with Crippen molar-refractivity contribution >= 4 is 27.3 Å². The largest absolute Gasteiger partial charge is 0.390 e. The number of nitrogens with zero attached hydrogens (tertiary/aromatic N) is 4. The smallest absolute Gasteiger partial charge is 0.241 e. The Morgan fingerprint density at radius 2 is 2.26 bits per heavy atom. The van der Waals surface area contributed by atoms with E-state index in [-0.39, 0.29) is 30.4 Å². The molecule has 2 aromatic heterocycles. The van der Waals surface area contributed by atoms with E-state index in [4.69, 9.17) is 5.73 Å². The minimum absolute atomic E-state index is 0.000961. The highest BCUT2D eigenvalue weighted by Crippen LogP contribution is 2.19.